The number of rotatable bonds is 8. The second-order valence-electron chi connectivity index (χ2n) is 12.4. The average molecular weight is 551 g/mol. The van der Waals surface area contributed by atoms with Crippen molar-refractivity contribution < 1.29 is 9.22 Å². The molecule has 1 aliphatic carbocycles. The molecule has 0 saturated carbocycles. The Bertz CT molecular complexity index is 1360. The Labute approximate surface area is 240 Å². The molecule has 1 aliphatic heterocycles. The lowest BCUT2D eigenvalue weighted by molar-refractivity contribution is -0.116. The van der Waals surface area contributed by atoms with Crippen LogP contribution in [0, 0.1) is 0 Å². The number of hydrogen-bond donors (Lipinski definition) is 1. The lowest BCUT2D eigenvalue weighted by atomic mass is 9.89. The molecule has 3 atom stereocenters. The molecule has 4 nitrogen and oxygen atoms in total. The highest BCUT2D eigenvalue weighted by atomic mass is 28.4. The van der Waals surface area contributed by atoms with E-state index in [1.54, 1.807) is 0 Å². The van der Waals surface area contributed by atoms with E-state index in [1.807, 2.05) is 12.1 Å². The molecule has 3 aromatic rings. The van der Waals surface area contributed by atoms with Crippen molar-refractivity contribution in [3.05, 3.63) is 131 Å². The third-order valence-electron chi connectivity index (χ3n) is 8.68. The first-order valence-electron chi connectivity index (χ1n) is 14.5. The first kappa shape index (κ1) is 28.3. The Morgan fingerprint density at radius 2 is 1.43 bits per heavy atom. The molecule has 0 spiro atoms. The molecule has 2 aliphatic rings. The number of allylic oxidation sites excluding steroid dienone is 3. The predicted molar refractivity (Wildman–Crippen MR) is 166 cm³/mol. The normalized spacial score (nSPS) is 19.4. The molecule has 0 saturated heterocycles. The highest BCUT2D eigenvalue weighted by Gasteiger charge is 2.43. The van der Waals surface area contributed by atoms with Crippen molar-refractivity contribution >= 4 is 14.1 Å². The van der Waals surface area contributed by atoms with E-state index in [9.17, 15) is 4.79 Å². The summed E-state index contributed by atoms with van der Waals surface area (Å²) in [6, 6.07) is 31.5. The van der Waals surface area contributed by atoms with E-state index in [0.29, 0.717) is 6.42 Å². The van der Waals surface area contributed by atoms with E-state index in [4.69, 9.17) is 4.43 Å². The minimum Gasteiger partial charge on any atom is -0.408 e. The Balaban J connectivity index is 1.64. The zero-order valence-electron chi connectivity index (χ0n) is 24.4. The maximum atomic E-state index is 13.0. The second-order valence-corrected chi connectivity index (χ2v) is 17.2. The van der Waals surface area contributed by atoms with Crippen LogP contribution in [-0.4, -0.2) is 19.1 Å². The molecule has 3 aromatic carbocycles. The van der Waals surface area contributed by atoms with Gasteiger partial charge in [-0.15, -0.1) is 0 Å². The van der Waals surface area contributed by atoms with Crippen molar-refractivity contribution in [3.63, 3.8) is 0 Å². The molecule has 208 valence electrons. The molecule has 5 heteroatoms. The number of carbonyl (C=O) groups is 1. The molecular weight excluding hydrogens is 508 g/mol. The summed E-state index contributed by atoms with van der Waals surface area (Å²) in [6.07, 6.45) is 6.32. The molecule has 1 N–H and O–H groups in total. The summed E-state index contributed by atoms with van der Waals surface area (Å²) < 4.78 is 7.29. The van der Waals surface area contributed by atoms with Gasteiger partial charge in [0.25, 0.3) is 0 Å². The first-order valence-corrected chi connectivity index (χ1v) is 17.4. The molecule has 0 amide bonds. The van der Waals surface area contributed by atoms with Gasteiger partial charge in [0.2, 0.25) is 0 Å². The molecule has 0 unspecified atom stereocenters. The van der Waals surface area contributed by atoms with E-state index in [0.717, 1.165) is 35.2 Å². The smallest absolute Gasteiger partial charge is 0.193 e. The summed E-state index contributed by atoms with van der Waals surface area (Å²) in [6.45, 7) is 11.5. The molecule has 5 rings (SSSR count). The Kier molecular flexibility index (Phi) is 8.27. The number of nitrogens with zero attached hydrogens (tertiary/aromatic N) is 1. The largest absolute Gasteiger partial charge is 0.408 e. The van der Waals surface area contributed by atoms with Gasteiger partial charge in [0.15, 0.2) is 14.1 Å². The fourth-order valence-corrected chi connectivity index (χ4v) is 6.65. The monoisotopic (exact) mass is 550 g/mol. The summed E-state index contributed by atoms with van der Waals surface area (Å²) in [5, 5.41) is 2.32. The van der Waals surface area contributed by atoms with Crippen molar-refractivity contribution in [1.29, 1.82) is 0 Å². The lowest BCUT2D eigenvalue weighted by Gasteiger charge is -2.46. The van der Waals surface area contributed by atoms with Crippen LogP contribution in [0.2, 0.25) is 18.1 Å². The zero-order valence-corrected chi connectivity index (χ0v) is 25.4. The van der Waals surface area contributed by atoms with Gasteiger partial charge in [-0.2, -0.15) is 0 Å². The third kappa shape index (κ3) is 5.92. The van der Waals surface area contributed by atoms with Gasteiger partial charge in [-0.05, 0) is 47.7 Å². The van der Waals surface area contributed by atoms with Crippen LogP contribution in [0.1, 0.15) is 74.9 Å². The van der Waals surface area contributed by atoms with Crippen molar-refractivity contribution in [2.24, 2.45) is 0 Å². The highest BCUT2D eigenvalue weighted by Crippen LogP contribution is 2.45. The number of hydrazine groups is 1. The lowest BCUT2D eigenvalue weighted by Crippen LogP contribution is -2.49. The van der Waals surface area contributed by atoms with Crippen LogP contribution in [0.15, 0.2) is 114 Å². The van der Waals surface area contributed by atoms with E-state index >= 15 is 0 Å². The number of hydrogen-bond acceptors (Lipinski definition) is 4. The van der Waals surface area contributed by atoms with Gasteiger partial charge in [0, 0.05) is 17.7 Å². The van der Waals surface area contributed by atoms with Crippen LogP contribution in [-0.2, 0) is 9.22 Å². The SMILES string of the molecule is CC(C)(C)[Si](C)(C)O[C@@H](c1ccccc1)[C@H](NN1C2=C(C=C[C@H]1c1ccccc1)C(=O)CCC2)c1ccccc1. The quantitative estimate of drug-likeness (QED) is 0.285. The minimum absolute atomic E-state index is 0.0404. The van der Waals surface area contributed by atoms with Gasteiger partial charge < -0.3 is 4.43 Å². The van der Waals surface area contributed by atoms with Gasteiger partial charge in [-0.25, -0.2) is 5.43 Å². The number of ketones is 1. The van der Waals surface area contributed by atoms with Crippen LogP contribution in [0.3, 0.4) is 0 Å². The standard InChI is InChI=1S/C35H42N2O2Si/c1-35(2,3)40(4,5)39-34(28-20-13-8-14-21-28)33(27-18-11-7-12-19-27)36-37-30(26-16-9-6-10-17-26)25-24-29-31(37)22-15-23-32(29)38/h6-14,16-21,24-25,30,33-34,36H,15,22-23H2,1-5H3/t30-,33+,34-/m0/s1. The zero-order chi connectivity index (χ0) is 28.3. The summed E-state index contributed by atoms with van der Waals surface area (Å²) >= 11 is 0. The molecule has 0 fully saturated rings. The van der Waals surface area contributed by atoms with E-state index in [1.165, 1.54) is 5.56 Å². The van der Waals surface area contributed by atoms with Gasteiger partial charge in [0.1, 0.15) is 0 Å². The van der Waals surface area contributed by atoms with Crippen LogP contribution in [0.4, 0.5) is 0 Å². The predicted octanol–water partition coefficient (Wildman–Crippen LogP) is 8.62. The van der Waals surface area contributed by atoms with Gasteiger partial charge in [0.05, 0.1) is 18.2 Å². The molecular formula is C35H42N2O2Si. The van der Waals surface area contributed by atoms with Crippen LogP contribution < -0.4 is 5.43 Å². The summed E-state index contributed by atoms with van der Waals surface area (Å²) in [5.74, 6) is 0.226. The van der Waals surface area contributed by atoms with E-state index < -0.39 is 8.32 Å². The average Bonchev–Trinajstić information content (AvgIpc) is 2.96. The maximum Gasteiger partial charge on any atom is 0.193 e. The molecule has 0 radical (unpaired) electrons. The van der Waals surface area contributed by atoms with E-state index in [-0.39, 0.29) is 29.0 Å². The Morgan fingerprint density at radius 3 is 2.02 bits per heavy atom. The van der Waals surface area contributed by atoms with Gasteiger partial charge in [-0.3, -0.25) is 9.80 Å². The number of Topliss-reactive ketones (excluding diaryl/α,β-unsaturated/α-hetero) is 1. The topological polar surface area (TPSA) is 41.6 Å². The third-order valence-corrected chi connectivity index (χ3v) is 13.1. The van der Waals surface area contributed by atoms with Crippen molar-refractivity contribution in [2.45, 2.75) is 76.4 Å². The second kappa shape index (κ2) is 11.7. The van der Waals surface area contributed by atoms with Crippen molar-refractivity contribution in [2.75, 3.05) is 0 Å². The first-order chi connectivity index (χ1) is 19.2. The molecule has 0 bridgehead atoms. The molecule has 0 aromatic heterocycles. The summed E-state index contributed by atoms with van der Waals surface area (Å²) in [4.78, 5) is 13.0. The van der Waals surface area contributed by atoms with Crippen molar-refractivity contribution in [1.82, 2.24) is 10.4 Å². The molecule has 1 heterocycles. The van der Waals surface area contributed by atoms with Crippen molar-refractivity contribution in [3.8, 4) is 0 Å². The van der Waals surface area contributed by atoms with Crippen LogP contribution in [0.25, 0.3) is 0 Å². The van der Waals surface area contributed by atoms with Gasteiger partial charge >= 0.3 is 0 Å². The number of carbonyl (C=O) groups excluding carboxylic acids is 1. The maximum absolute atomic E-state index is 13.0. The summed E-state index contributed by atoms with van der Waals surface area (Å²) in [5.41, 5.74) is 9.37. The fourth-order valence-electron chi connectivity index (χ4n) is 5.39. The van der Waals surface area contributed by atoms with Gasteiger partial charge in [-0.1, -0.05) is 124 Å². The number of benzene rings is 3. The fraction of sp³-hybridized carbons (Fsp3) is 0.343. The van der Waals surface area contributed by atoms with Crippen LogP contribution >= 0.6 is 0 Å². The number of nitrogens with one attached hydrogen (secondary N) is 1. The highest BCUT2D eigenvalue weighted by molar-refractivity contribution is 6.74. The summed E-state index contributed by atoms with van der Waals surface area (Å²) in [7, 11) is -2.18. The van der Waals surface area contributed by atoms with Crippen LogP contribution in [0.5, 0.6) is 0 Å². The minimum atomic E-state index is -2.18. The van der Waals surface area contributed by atoms with E-state index in [2.05, 4.69) is 135 Å². The Morgan fingerprint density at radius 1 is 0.850 bits per heavy atom. The Hall–Kier alpha value is -3.25. The molecule has 40 heavy (non-hydrogen) atoms.